The van der Waals surface area contributed by atoms with Crippen LogP contribution in [0.5, 0.6) is 0 Å². The fourth-order valence-corrected chi connectivity index (χ4v) is 2.72. The molecule has 0 bridgehead atoms. The minimum atomic E-state index is -1.18. The van der Waals surface area contributed by atoms with Crippen LogP contribution in [0.4, 0.5) is 0 Å². The molecule has 3 rings (SSSR count). The number of benzene rings is 1. The number of aromatic carboxylic acids is 1. The molecule has 1 aliphatic rings. The molecular weight excluding hydrogens is 270 g/mol. The Balaban J connectivity index is 1.75. The van der Waals surface area contributed by atoms with Crippen molar-refractivity contribution in [3.05, 3.63) is 59.0 Å². The lowest BCUT2D eigenvalue weighted by molar-refractivity contribution is 0.0646. The molecule has 1 aromatic heterocycles. The monoisotopic (exact) mass is 285 g/mol. The molecule has 0 radical (unpaired) electrons. The number of carboxylic acid groups (broad SMARTS) is 1. The van der Waals surface area contributed by atoms with Crippen LogP contribution in [0.25, 0.3) is 0 Å². The van der Waals surface area contributed by atoms with Gasteiger partial charge in [0.2, 0.25) is 5.76 Å². The Hall–Kier alpha value is -2.56. The summed E-state index contributed by atoms with van der Waals surface area (Å²) >= 11 is 0. The Morgan fingerprint density at radius 1 is 1.10 bits per heavy atom. The molecule has 0 spiro atoms. The molecule has 1 N–H and O–H groups in total. The highest BCUT2D eigenvalue weighted by atomic mass is 16.4. The number of hydrogen-bond donors (Lipinski definition) is 1. The Labute approximate surface area is 121 Å². The number of likely N-dealkylation sites (N-methyl/N-ethyl adjacent to an activating group) is 1. The van der Waals surface area contributed by atoms with Gasteiger partial charge in [-0.25, -0.2) is 4.79 Å². The van der Waals surface area contributed by atoms with Gasteiger partial charge in [-0.3, -0.25) is 4.79 Å². The van der Waals surface area contributed by atoms with Crippen LogP contribution >= 0.6 is 0 Å². The summed E-state index contributed by atoms with van der Waals surface area (Å²) in [6.45, 7) is 0. The minimum absolute atomic E-state index is 0.0610. The molecule has 21 heavy (non-hydrogen) atoms. The van der Waals surface area contributed by atoms with Gasteiger partial charge in [-0.1, -0.05) is 24.3 Å². The fourth-order valence-electron chi connectivity index (χ4n) is 2.72. The van der Waals surface area contributed by atoms with E-state index in [1.807, 2.05) is 12.1 Å². The molecule has 0 saturated heterocycles. The third kappa shape index (κ3) is 2.42. The predicted molar refractivity (Wildman–Crippen MR) is 75.4 cm³/mol. The Kier molecular flexibility index (Phi) is 3.25. The standard InChI is InChI=1S/C16H15NO4/c1-17(12-8-10-4-2-3-5-11(10)9-12)15(18)13-6-7-14(21-13)16(19)20/h2-7,12H,8-9H2,1H3,(H,19,20). The van der Waals surface area contributed by atoms with Crippen LogP contribution in [0.2, 0.25) is 0 Å². The van der Waals surface area contributed by atoms with Crippen LogP contribution in [0.1, 0.15) is 32.2 Å². The van der Waals surface area contributed by atoms with Crippen molar-refractivity contribution in [3.63, 3.8) is 0 Å². The molecule has 0 fully saturated rings. The predicted octanol–water partition coefficient (Wildman–Crippen LogP) is 2.22. The number of nitrogens with zero attached hydrogens (tertiary/aromatic N) is 1. The van der Waals surface area contributed by atoms with Gasteiger partial charge in [0.05, 0.1) is 0 Å². The molecule has 0 unspecified atom stereocenters. The van der Waals surface area contributed by atoms with E-state index in [2.05, 4.69) is 12.1 Å². The van der Waals surface area contributed by atoms with E-state index in [0.717, 1.165) is 12.8 Å². The lowest BCUT2D eigenvalue weighted by atomic mass is 10.1. The smallest absolute Gasteiger partial charge is 0.371 e. The molecule has 0 aliphatic heterocycles. The van der Waals surface area contributed by atoms with Gasteiger partial charge in [0.1, 0.15) is 0 Å². The van der Waals surface area contributed by atoms with Crippen LogP contribution in [-0.4, -0.2) is 35.0 Å². The summed E-state index contributed by atoms with van der Waals surface area (Å²) in [6.07, 6.45) is 1.62. The number of carboxylic acids is 1. The highest BCUT2D eigenvalue weighted by Crippen LogP contribution is 2.25. The van der Waals surface area contributed by atoms with E-state index in [1.54, 1.807) is 11.9 Å². The molecule has 5 nitrogen and oxygen atoms in total. The maximum absolute atomic E-state index is 12.4. The first-order chi connectivity index (χ1) is 10.1. The first-order valence-corrected chi connectivity index (χ1v) is 6.73. The van der Waals surface area contributed by atoms with Crippen molar-refractivity contribution in [2.45, 2.75) is 18.9 Å². The van der Waals surface area contributed by atoms with E-state index < -0.39 is 5.97 Å². The average Bonchev–Trinajstić information content (AvgIpc) is 3.12. The van der Waals surface area contributed by atoms with Gasteiger partial charge in [0.25, 0.3) is 5.91 Å². The maximum Gasteiger partial charge on any atom is 0.371 e. The summed E-state index contributed by atoms with van der Waals surface area (Å²) in [5.41, 5.74) is 2.51. The van der Waals surface area contributed by atoms with Gasteiger partial charge in [-0.05, 0) is 36.1 Å². The van der Waals surface area contributed by atoms with Crippen molar-refractivity contribution in [1.82, 2.24) is 4.90 Å². The van der Waals surface area contributed by atoms with Crippen molar-refractivity contribution in [1.29, 1.82) is 0 Å². The number of furan rings is 1. The van der Waals surface area contributed by atoms with Crippen molar-refractivity contribution < 1.29 is 19.1 Å². The summed E-state index contributed by atoms with van der Waals surface area (Å²) in [5.74, 6) is -1.63. The summed E-state index contributed by atoms with van der Waals surface area (Å²) in [7, 11) is 1.72. The van der Waals surface area contributed by atoms with Gasteiger partial charge in [-0.15, -0.1) is 0 Å². The van der Waals surface area contributed by atoms with Crippen LogP contribution in [0.15, 0.2) is 40.8 Å². The fraction of sp³-hybridized carbons (Fsp3) is 0.250. The Morgan fingerprint density at radius 3 is 2.19 bits per heavy atom. The lowest BCUT2D eigenvalue weighted by Crippen LogP contribution is -2.37. The molecule has 1 amide bonds. The number of hydrogen-bond acceptors (Lipinski definition) is 3. The zero-order chi connectivity index (χ0) is 15.0. The zero-order valence-corrected chi connectivity index (χ0v) is 11.6. The molecule has 1 aliphatic carbocycles. The second kappa shape index (κ2) is 5.09. The number of amides is 1. The van der Waals surface area contributed by atoms with E-state index in [-0.39, 0.29) is 23.5 Å². The van der Waals surface area contributed by atoms with Crippen LogP contribution < -0.4 is 0 Å². The Bertz CT molecular complexity index is 679. The van der Waals surface area contributed by atoms with Crippen LogP contribution in [0, 0.1) is 0 Å². The highest BCUT2D eigenvalue weighted by molar-refractivity contribution is 5.93. The van der Waals surface area contributed by atoms with E-state index in [0.29, 0.717) is 0 Å². The van der Waals surface area contributed by atoms with E-state index in [9.17, 15) is 9.59 Å². The minimum Gasteiger partial charge on any atom is -0.475 e. The van der Waals surface area contributed by atoms with Gasteiger partial charge < -0.3 is 14.4 Å². The zero-order valence-electron chi connectivity index (χ0n) is 11.6. The summed E-state index contributed by atoms with van der Waals surface area (Å²) < 4.78 is 5.07. The van der Waals surface area contributed by atoms with Crippen LogP contribution in [0.3, 0.4) is 0 Å². The third-order valence-corrected chi connectivity index (χ3v) is 3.93. The summed E-state index contributed by atoms with van der Waals surface area (Å²) in [4.78, 5) is 24.8. The second-order valence-corrected chi connectivity index (χ2v) is 5.22. The second-order valence-electron chi connectivity index (χ2n) is 5.22. The quantitative estimate of drug-likeness (QED) is 0.938. The highest BCUT2D eigenvalue weighted by Gasteiger charge is 2.29. The van der Waals surface area contributed by atoms with E-state index >= 15 is 0 Å². The SMILES string of the molecule is CN(C(=O)c1ccc(C(=O)O)o1)C1Cc2ccccc2C1. The Morgan fingerprint density at radius 2 is 1.67 bits per heavy atom. The van der Waals surface area contributed by atoms with Crippen molar-refractivity contribution in [2.75, 3.05) is 7.05 Å². The van der Waals surface area contributed by atoms with Crippen LogP contribution in [-0.2, 0) is 12.8 Å². The molecule has 1 heterocycles. The molecule has 0 saturated carbocycles. The number of fused-ring (bicyclic) bond motifs is 1. The topological polar surface area (TPSA) is 70.8 Å². The first-order valence-electron chi connectivity index (χ1n) is 6.73. The lowest BCUT2D eigenvalue weighted by Gasteiger charge is -2.23. The average molecular weight is 285 g/mol. The maximum atomic E-state index is 12.4. The summed E-state index contributed by atoms with van der Waals surface area (Å²) in [6, 6.07) is 10.9. The normalized spacial score (nSPS) is 14.0. The van der Waals surface area contributed by atoms with E-state index in [1.165, 1.54) is 23.3 Å². The van der Waals surface area contributed by atoms with Crippen molar-refractivity contribution >= 4 is 11.9 Å². The van der Waals surface area contributed by atoms with Gasteiger partial charge >= 0.3 is 5.97 Å². The molecule has 1 aromatic carbocycles. The molecule has 108 valence electrons. The number of carbonyl (C=O) groups excluding carboxylic acids is 1. The van der Waals surface area contributed by atoms with E-state index in [4.69, 9.17) is 9.52 Å². The molecule has 5 heteroatoms. The first kappa shape index (κ1) is 13.4. The molecule has 0 atom stereocenters. The largest absolute Gasteiger partial charge is 0.475 e. The third-order valence-electron chi connectivity index (χ3n) is 3.93. The number of carbonyl (C=O) groups is 2. The van der Waals surface area contributed by atoms with Gasteiger partial charge in [0.15, 0.2) is 5.76 Å². The molecule has 2 aromatic rings. The van der Waals surface area contributed by atoms with Crippen molar-refractivity contribution in [2.24, 2.45) is 0 Å². The van der Waals surface area contributed by atoms with Gasteiger partial charge in [0, 0.05) is 13.1 Å². The number of rotatable bonds is 3. The van der Waals surface area contributed by atoms with Crippen molar-refractivity contribution in [3.8, 4) is 0 Å². The summed E-state index contributed by atoms with van der Waals surface area (Å²) in [5, 5.41) is 8.83. The van der Waals surface area contributed by atoms with Gasteiger partial charge in [-0.2, -0.15) is 0 Å². The molecular formula is C16H15NO4.